The molecule has 1 fully saturated rings. The van der Waals surface area contributed by atoms with Crippen LogP contribution in [0.4, 0.5) is 11.4 Å². The van der Waals surface area contributed by atoms with E-state index in [1.807, 2.05) is 66.7 Å². The van der Waals surface area contributed by atoms with E-state index >= 15 is 0 Å². The smallest absolute Gasteiger partial charge is 0.228 e. The minimum Gasteiger partial charge on any atom is -0.325 e. The van der Waals surface area contributed by atoms with E-state index in [1.54, 1.807) is 4.90 Å². The highest BCUT2D eigenvalue weighted by Crippen LogP contribution is 2.24. The van der Waals surface area contributed by atoms with Crippen molar-refractivity contribution in [2.45, 2.75) is 19.3 Å². The third-order valence-corrected chi connectivity index (χ3v) is 4.75. The summed E-state index contributed by atoms with van der Waals surface area (Å²) in [5.74, 6) is 0.123. The molecule has 130 valence electrons. The Morgan fingerprint density at radius 1 is 0.962 bits per heavy atom. The van der Waals surface area contributed by atoms with Gasteiger partial charge in [0.15, 0.2) is 0 Å². The van der Waals surface area contributed by atoms with Crippen LogP contribution in [-0.4, -0.2) is 18.4 Å². The second kappa shape index (κ2) is 7.00. The molecule has 0 radical (unpaired) electrons. The zero-order valence-electron chi connectivity index (χ0n) is 14.4. The summed E-state index contributed by atoms with van der Waals surface area (Å²) in [6.07, 6.45) is 1.83. The average Bonchev–Trinajstić information content (AvgIpc) is 3.09. The molecule has 1 N–H and O–H groups in total. The van der Waals surface area contributed by atoms with Gasteiger partial charge in [0, 0.05) is 29.7 Å². The lowest BCUT2D eigenvalue weighted by Crippen LogP contribution is -2.23. The lowest BCUT2D eigenvalue weighted by atomic mass is 10.1. The van der Waals surface area contributed by atoms with Crippen LogP contribution < -0.4 is 10.2 Å². The summed E-state index contributed by atoms with van der Waals surface area (Å²) >= 11 is 0. The highest BCUT2D eigenvalue weighted by atomic mass is 16.2. The molecule has 0 spiro atoms. The fourth-order valence-electron chi connectivity index (χ4n) is 3.43. The van der Waals surface area contributed by atoms with Crippen LogP contribution in [0.1, 0.15) is 18.4 Å². The standard InChI is InChI=1S/C22H20N2O2/c25-21(23-20-8-3-6-17-5-1-2-7-19(17)20)15-16-10-12-18(13-11-16)24-14-4-9-22(24)26/h1-3,5-8,10-13H,4,9,14-15H2,(H,23,25). The van der Waals surface area contributed by atoms with Gasteiger partial charge in [0.05, 0.1) is 6.42 Å². The molecular formula is C22H20N2O2. The normalized spacial score (nSPS) is 14.0. The Hall–Kier alpha value is -3.14. The van der Waals surface area contributed by atoms with Gasteiger partial charge >= 0.3 is 0 Å². The second-order valence-electron chi connectivity index (χ2n) is 6.57. The molecule has 1 aliphatic rings. The Bertz CT molecular complexity index is 958. The van der Waals surface area contributed by atoms with Crippen molar-refractivity contribution in [2.24, 2.45) is 0 Å². The zero-order chi connectivity index (χ0) is 17.9. The molecule has 0 unspecified atom stereocenters. The summed E-state index contributed by atoms with van der Waals surface area (Å²) in [6.45, 7) is 0.778. The van der Waals surface area contributed by atoms with Crippen molar-refractivity contribution in [1.82, 2.24) is 0 Å². The van der Waals surface area contributed by atoms with Crippen LogP contribution >= 0.6 is 0 Å². The SMILES string of the molecule is O=C(Cc1ccc(N2CCCC2=O)cc1)Nc1cccc2ccccc12. The summed E-state index contributed by atoms with van der Waals surface area (Å²) in [5.41, 5.74) is 2.66. The molecular weight excluding hydrogens is 324 g/mol. The number of anilines is 2. The maximum absolute atomic E-state index is 12.4. The Morgan fingerprint density at radius 3 is 2.50 bits per heavy atom. The number of nitrogens with zero attached hydrogens (tertiary/aromatic N) is 1. The Labute approximate surface area is 152 Å². The summed E-state index contributed by atoms with van der Waals surface area (Å²) in [5, 5.41) is 5.14. The third kappa shape index (κ3) is 3.31. The van der Waals surface area contributed by atoms with Crippen LogP contribution in [0.15, 0.2) is 66.7 Å². The number of carbonyl (C=O) groups excluding carboxylic acids is 2. The van der Waals surface area contributed by atoms with E-state index in [1.165, 1.54) is 0 Å². The minimum atomic E-state index is -0.0497. The number of rotatable bonds is 4. The number of hydrogen-bond donors (Lipinski definition) is 1. The second-order valence-corrected chi connectivity index (χ2v) is 6.57. The Balaban J connectivity index is 1.45. The van der Waals surface area contributed by atoms with Crippen LogP contribution in [0.5, 0.6) is 0 Å². The van der Waals surface area contributed by atoms with Crippen LogP contribution in [0.25, 0.3) is 10.8 Å². The van der Waals surface area contributed by atoms with Gasteiger partial charge in [-0.05, 0) is 35.6 Å². The number of fused-ring (bicyclic) bond motifs is 1. The largest absolute Gasteiger partial charge is 0.325 e. The molecule has 0 aliphatic carbocycles. The molecule has 2 amide bonds. The highest BCUT2D eigenvalue weighted by molar-refractivity contribution is 6.02. The molecule has 4 nitrogen and oxygen atoms in total. The van der Waals surface area contributed by atoms with E-state index in [-0.39, 0.29) is 11.8 Å². The van der Waals surface area contributed by atoms with Gasteiger partial charge in [-0.25, -0.2) is 0 Å². The lowest BCUT2D eigenvalue weighted by molar-refractivity contribution is -0.117. The summed E-state index contributed by atoms with van der Waals surface area (Å²) in [7, 11) is 0. The minimum absolute atomic E-state index is 0.0497. The third-order valence-electron chi connectivity index (χ3n) is 4.75. The molecule has 3 aromatic carbocycles. The maximum Gasteiger partial charge on any atom is 0.228 e. The number of hydrogen-bond acceptors (Lipinski definition) is 2. The molecule has 3 aromatic rings. The van der Waals surface area contributed by atoms with Gasteiger partial charge in [0.2, 0.25) is 11.8 Å². The molecule has 0 aromatic heterocycles. The van der Waals surface area contributed by atoms with Crippen LogP contribution in [-0.2, 0) is 16.0 Å². The van der Waals surface area contributed by atoms with E-state index in [0.717, 1.165) is 40.7 Å². The average molecular weight is 344 g/mol. The monoisotopic (exact) mass is 344 g/mol. The van der Waals surface area contributed by atoms with Crippen molar-refractivity contribution in [3.05, 3.63) is 72.3 Å². The summed E-state index contributed by atoms with van der Waals surface area (Å²) in [6, 6.07) is 21.6. The maximum atomic E-state index is 12.4. The Kier molecular flexibility index (Phi) is 4.40. The van der Waals surface area contributed by atoms with Gasteiger partial charge in [0.25, 0.3) is 0 Å². The first-order chi connectivity index (χ1) is 12.7. The topological polar surface area (TPSA) is 49.4 Å². The predicted molar refractivity (Wildman–Crippen MR) is 104 cm³/mol. The number of carbonyl (C=O) groups is 2. The van der Waals surface area contributed by atoms with Crippen molar-refractivity contribution in [1.29, 1.82) is 0 Å². The quantitative estimate of drug-likeness (QED) is 0.773. The predicted octanol–water partition coefficient (Wildman–Crippen LogP) is 4.15. The zero-order valence-corrected chi connectivity index (χ0v) is 14.4. The first kappa shape index (κ1) is 16.3. The molecule has 1 heterocycles. The molecule has 0 atom stereocenters. The summed E-state index contributed by atoms with van der Waals surface area (Å²) in [4.78, 5) is 26.1. The van der Waals surface area contributed by atoms with E-state index in [9.17, 15) is 9.59 Å². The van der Waals surface area contributed by atoms with E-state index in [4.69, 9.17) is 0 Å². The Morgan fingerprint density at radius 2 is 1.73 bits per heavy atom. The van der Waals surface area contributed by atoms with Crippen LogP contribution in [0.2, 0.25) is 0 Å². The number of nitrogens with one attached hydrogen (secondary N) is 1. The molecule has 1 aliphatic heterocycles. The lowest BCUT2D eigenvalue weighted by Gasteiger charge is -2.16. The van der Waals surface area contributed by atoms with Gasteiger partial charge < -0.3 is 10.2 Å². The van der Waals surface area contributed by atoms with Gasteiger partial charge in [-0.2, -0.15) is 0 Å². The summed E-state index contributed by atoms with van der Waals surface area (Å²) < 4.78 is 0. The molecule has 26 heavy (non-hydrogen) atoms. The van der Waals surface area contributed by atoms with E-state index in [0.29, 0.717) is 12.8 Å². The van der Waals surface area contributed by atoms with Gasteiger partial charge in [-0.3, -0.25) is 9.59 Å². The first-order valence-corrected chi connectivity index (χ1v) is 8.88. The highest BCUT2D eigenvalue weighted by Gasteiger charge is 2.21. The number of benzene rings is 3. The fraction of sp³-hybridized carbons (Fsp3) is 0.182. The van der Waals surface area contributed by atoms with Crippen molar-refractivity contribution < 1.29 is 9.59 Å². The van der Waals surface area contributed by atoms with Crippen LogP contribution in [0.3, 0.4) is 0 Å². The number of amides is 2. The van der Waals surface area contributed by atoms with Gasteiger partial charge in [-0.1, -0.05) is 48.5 Å². The van der Waals surface area contributed by atoms with Crippen molar-refractivity contribution >= 4 is 34.0 Å². The van der Waals surface area contributed by atoms with Gasteiger partial charge in [0.1, 0.15) is 0 Å². The fourth-order valence-corrected chi connectivity index (χ4v) is 3.43. The molecule has 0 saturated carbocycles. The molecule has 0 bridgehead atoms. The van der Waals surface area contributed by atoms with Crippen molar-refractivity contribution in [2.75, 3.05) is 16.8 Å². The van der Waals surface area contributed by atoms with E-state index in [2.05, 4.69) is 5.32 Å². The van der Waals surface area contributed by atoms with E-state index < -0.39 is 0 Å². The van der Waals surface area contributed by atoms with Crippen molar-refractivity contribution in [3.63, 3.8) is 0 Å². The van der Waals surface area contributed by atoms with Crippen molar-refractivity contribution in [3.8, 4) is 0 Å². The van der Waals surface area contributed by atoms with Crippen LogP contribution in [0, 0.1) is 0 Å². The molecule has 4 rings (SSSR count). The molecule has 1 saturated heterocycles. The first-order valence-electron chi connectivity index (χ1n) is 8.88. The van der Waals surface area contributed by atoms with Gasteiger partial charge in [-0.15, -0.1) is 0 Å². The molecule has 4 heteroatoms.